The van der Waals surface area contributed by atoms with Crippen LogP contribution >= 0.6 is 11.6 Å². The summed E-state index contributed by atoms with van der Waals surface area (Å²) >= 11 is 5.71. The molecule has 0 amide bonds. The zero-order valence-electron chi connectivity index (χ0n) is 9.63. The molecule has 1 nitrogen and oxygen atoms in total. The van der Waals surface area contributed by atoms with Crippen molar-refractivity contribution >= 4 is 11.6 Å². The normalized spacial score (nSPS) is 21.0. The molecule has 17 heavy (non-hydrogen) atoms. The molecule has 0 spiro atoms. The molecular weight excluding hydrogens is 244 g/mol. The lowest BCUT2D eigenvalue weighted by Crippen LogP contribution is -2.20. The van der Waals surface area contributed by atoms with Crippen LogP contribution in [0.3, 0.4) is 0 Å². The van der Waals surface area contributed by atoms with Crippen molar-refractivity contribution in [3.05, 3.63) is 35.4 Å². The maximum atomic E-state index is 13.0. The van der Waals surface area contributed by atoms with Gasteiger partial charge in [0.05, 0.1) is 0 Å². The summed E-state index contributed by atoms with van der Waals surface area (Å²) in [6.45, 7) is 2.58. The lowest BCUT2D eigenvalue weighted by atomic mass is 10.1. The molecule has 0 saturated carbocycles. The number of hydrogen-bond donors (Lipinski definition) is 0. The Morgan fingerprint density at radius 3 is 2.59 bits per heavy atom. The summed E-state index contributed by atoms with van der Waals surface area (Å²) in [7, 11) is 0. The van der Waals surface area contributed by atoms with E-state index in [2.05, 4.69) is 4.90 Å². The molecule has 1 unspecified atom stereocenters. The molecule has 4 heteroatoms. The van der Waals surface area contributed by atoms with E-state index in [0.29, 0.717) is 23.9 Å². The first kappa shape index (κ1) is 12.8. The summed E-state index contributed by atoms with van der Waals surface area (Å²) in [4.78, 5) is 2.23. The Kier molecular flexibility index (Phi) is 4.35. The highest BCUT2D eigenvalue weighted by atomic mass is 35.5. The summed E-state index contributed by atoms with van der Waals surface area (Å²) in [5, 5.41) is 0. The van der Waals surface area contributed by atoms with Crippen LogP contribution in [0.15, 0.2) is 18.2 Å². The Labute approximate surface area is 105 Å². The number of halogens is 3. The zero-order chi connectivity index (χ0) is 12.3. The summed E-state index contributed by atoms with van der Waals surface area (Å²) in [6, 6.07) is 3.71. The quantitative estimate of drug-likeness (QED) is 0.749. The Balaban J connectivity index is 1.93. The smallest absolute Gasteiger partial charge is 0.126 e. The van der Waals surface area contributed by atoms with E-state index in [-0.39, 0.29) is 0 Å². The zero-order valence-corrected chi connectivity index (χ0v) is 10.4. The van der Waals surface area contributed by atoms with Crippen molar-refractivity contribution in [2.24, 2.45) is 5.92 Å². The summed E-state index contributed by atoms with van der Waals surface area (Å²) < 4.78 is 26.0. The van der Waals surface area contributed by atoms with Crippen LogP contribution in [0.5, 0.6) is 0 Å². The Morgan fingerprint density at radius 1 is 1.24 bits per heavy atom. The van der Waals surface area contributed by atoms with Gasteiger partial charge in [-0.15, -0.1) is 11.6 Å². The highest BCUT2D eigenvalue weighted by Gasteiger charge is 2.21. The molecule has 0 aliphatic carbocycles. The third kappa shape index (κ3) is 3.65. The van der Waals surface area contributed by atoms with E-state index in [1.165, 1.54) is 12.1 Å². The predicted octanol–water partition coefficient (Wildman–Crippen LogP) is 3.42. The predicted molar refractivity (Wildman–Crippen MR) is 65.1 cm³/mol. The van der Waals surface area contributed by atoms with Gasteiger partial charge in [-0.3, -0.25) is 4.90 Å². The lowest BCUT2D eigenvalue weighted by Gasteiger charge is -2.16. The van der Waals surface area contributed by atoms with Gasteiger partial charge < -0.3 is 0 Å². The first-order valence-corrected chi connectivity index (χ1v) is 6.44. The fourth-order valence-corrected chi connectivity index (χ4v) is 2.72. The second kappa shape index (κ2) is 5.78. The van der Waals surface area contributed by atoms with Crippen molar-refractivity contribution in [2.75, 3.05) is 19.0 Å². The van der Waals surface area contributed by atoms with Crippen LogP contribution in [0.1, 0.15) is 18.4 Å². The molecule has 0 aromatic heterocycles. The second-order valence-corrected chi connectivity index (χ2v) is 5.02. The van der Waals surface area contributed by atoms with Crippen LogP contribution in [0.2, 0.25) is 0 Å². The summed E-state index contributed by atoms with van der Waals surface area (Å²) in [5.41, 5.74) is 0.703. The Hall–Kier alpha value is -0.670. The minimum absolute atomic E-state index is 0.503. The number of alkyl halides is 1. The molecule has 1 aromatic rings. The molecule has 1 aliphatic heterocycles. The molecule has 94 valence electrons. The van der Waals surface area contributed by atoms with Crippen molar-refractivity contribution in [3.63, 3.8) is 0 Å². The number of benzene rings is 1. The van der Waals surface area contributed by atoms with Crippen molar-refractivity contribution in [1.29, 1.82) is 0 Å². The molecular formula is C13H16ClF2N. The van der Waals surface area contributed by atoms with Gasteiger partial charge in [0.2, 0.25) is 0 Å². The van der Waals surface area contributed by atoms with Gasteiger partial charge in [0.1, 0.15) is 11.6 Å². The van der Waals surface area contributed by atoms with Crippen molar-refractivity contribution in [3.8, 4) is 0 Å². The average molecular weight is 260 g/mol. The largest absolute Gasteiger partial charge is 0.299 e. The van der Waals surface area contributed by atoms with Gasteiger partial charge in [-0.25, -0.2) is 8.78 Å². The van der Waals surface area contributed by atoms with E-state index in [1.54, 1.807) is 0 Å². The molecule has 1 heterocycles. The van der Waals surface area contributed by atoms with Crippen LogP contribution in [0.4, 0.5) is 8.78 Å². The molecule has 0 bridgehead atoms. The van der Waals surface area contributed by atoms with E-state index in [9.17, 15) is 8.78 Å². The topological polar surface area (TPSA) is 3.24 Å². The lowest BCUT2D eigenvalue weighted by molar-refractivity contribution is 0.314. The average Bonchev–Trinajstić information content (AvgIpc) is 2.64. The highest BCUT2D eigenvalue weighted by molar-refractivity contribution is 6.17. The number of likely N-dealkylation sites (tertiary alicyclic amines) is 1. The SMILES string of the molecule is Fc1cc(F)cc(CN2CCC(CCCl)C2)c1. The first-order chi connectivity index (χ1) is 8.17. The van der Waals surface area contributed by atoms with Crippen molar-refractivity contribution < 1.29 is 8.78 Å². The van der Waals surface area contributed by atoms with Crippen LogP contribution < -0.4 is 0 Å². The van der Waals surface area contributed by atoms with Gasteiger partial charge in [-0.1, -0.05) is 0 Å². The van der Waals surface area contributed by atoms with Crippen LogP contribution in [-0.4, -0.2) is 23.9 Å². The summed E-state index contributed by atoms with van der Waals surface area (Å²) in [6.07, 6.45) is 2.15. The van der Waals surface area contributed by atoms with E-state index < -0.39 is 11.6 Å². The number of rotatable bonds is 4. The molecule has 0 radical (unpaired) electrons. The van der Waals surface area contributed by atoms with Gasteiger partial charge in [0.25, 0.3) is 0 Å². The molecule has 0 N–H and O–H groups in total. The van der Waals surface area contributed by atoms with Gasteiger partial charge in [-0.2, -0.15) is 0 Å². The van der Waals surface area contributed by atoms with Gasteiger partial charge >= 0.3 is 0 Å². The van der Waals surface area contributed by atoms with E-state index in [0.717, 1.165) is 32.0 Å². The van der Waals surface area contributed by atoms with Gasteiger partial charge in [-0.05, 0) is 43.0 Å². The van der Waals surface area contributed by atoms with Gasteiger partial charge in [0.15, 0.2) is 0 Å². The Morgan fingerprint density at radius 2 is 1.94 bits per heavy atom. The standard InChI is InChI=1S/C13H16ClF2N/c14-3-1-10-2-4-17(8-10)9-11-5-12(15)7-13(16)6-11/h5-7,10H,1-4,8-9H2. The van der Waals surface area contributed by atoms with Crippen molar-refractivity contribution in [1.82, 2.24) is 4.90 Å². The maximum Gasteiger partial charge on any atom is 0.126 e. The maximum absolute atomic E-state index is 13.0. The number of nitrogens with zero attached hydrogens (tertiary/aromatic N) is 1. The molecule has 1 aromatic carbocycles. The third-order valence-electron chi connectivity index (χ3n) is 3.22. The van der Waals surface area contributed by atoms with Crippen molar-refractivity contribution in [2.45, 2.75) is 19.4 Å². The minimum atomic E-state index is -0.503. The van der Waals surface area contributed by atoms with E-state index in [1.807, 2.05) is 0 Å². The molecule has 1 aliphatic rings. The van der Waals surface area contributed by atoms with Crippen LogP contribution in [0.25, 0.3) is 0 Å². The monoisotopic (exact) mass is 259 g/mol. The molecule has 1 fully saturated rings. The van der Waals surface area contributed by atoms with Crippen LogP contribution in [0, 0.1) is 17.6 Å². The van der Waals surface area contributed by atoms with E-state index >= 15 is 0 Å². The van der Waals surface area contributed by atoms with E-state index in [4.69, 9.17) is 11.6 Å². The minimum Gasteiger partial charge on any atom is -0.299 e. The molecule has 1 saturated heterocycles. The fourth-order valence-electron chi connectivity index (χ4n) is 2.41. The number of hydrogen-bond acceptors (Lipinski definition) is 1. The molecule has 2 rings (SSSR count). The first-order valence-electron chi connectivity index (χ1n) is 5.90. The fraction of sp³-hybridized carbons (Fsp3) is 0.538. The molecule has 1 atom stereocenters. The highest BCUT2D eigenvalue weighted by Crippen LogP contribution is 2.22. The Bertz CT molecular complexity index is 363. The second-order valence-electron chi connectivity index (χ2n) is 4.65. The van der Waals surface area contributed by atoms with Crippen LogP contribution in [-0.2, 0) is 6.54 Å². The van der Waals surface area contributed by atoms with Gasteiger partial charge in [0, 0.05) is 25.0 Å². The third-order valence-corrected chi connectivity index (χ3v) is 3.43. The summed E-state index contributed by atoms with van der Waals surface area (Å²) in [5.74, 6) is 0.312.